The van der Waals surface area contributed by atoms with Gasteiger partial charge in [-0.25, -0.2) is 14.6 Å². The largest absolute Gasteiger partial charge is 0.368 e. The molecule has 6 nitrogen and oxygen atoms in total. The van der Waals surface area contributed by atoms with E-state index in [-0.39, 0.29) is 0 Å². The third kappa shape index (κ3) is 3.23. The number of likely N-dealkylation sites (N-methyl/N-ethyl adjacent to an activating group) is 1. The maximum absolute atomic E-state index is 4.48. The van der Waals surface area contributed by atoms with Gasteiger partial charge in [0.25, 0.3) is 0 Å². The van der Waals surface area contributed by atoms with Gasteiger partial charge in [-0.3, -0.25) is 4.90 Å². The summed E-state index contributed by atoms with van der Waals surface area (Å²) in [6.07, 6.45) is 3.42. The van der Waals surface area contributed by atoms with E-state index in [1.54, 1.807) is 6.33 Å². The average Bonchev–Trinajstić information content (AvgIpc) is 3.06. The van der Waals surface area contributed by atoms with E-state index in [9.17, 15) is 0 Å². The molecule has 1 atom stereocenters. The predicted octanol–water partition coefficient (Wildman–Crippen LogP) is 2.96. The summed E-state index contributed by atoms with van der Waals surface area (Å²) in [6.45, 7) is 9.53. The van der Waals surface area contributed by atoms with Crippen LogP contribution in [0.15, 0.2) is 42.9 Å². The first-order valence-electron chi connectivity index (χ1n) is 8.46. The second kappa shape index (κ2) is 7.40. The lowest BCUT2D eigenvalue weighted by Gasteiger charge is -2.26. The Bertz CT molecular complexity index is 779. The molecule has 6 heteroatoms. The Labute approximate surface area is 142 Å². The minimum absolute atomic E-state index is 0.439. The molecule has 2 aromatic heterocycles. The SMILES string of the molecule is CCN(CC)C(C)CNc1ncnc2c1cnn2-c1ccccc1. The minimum atomic E-state index is 0.439. The number of fused-ring (bicyclic) bond motifs is 1. The van der Waals surface area contributed by atoms with Crippen LogP contribution in [0.5, 0.6) is 0 Å². The van der Waals surface area contributed by atoms with E-state index >= 15 is 0 Å². The number of nitrogens with zero attached hydrogens (tertiary/aromatic N) is 5. The van der Waals surface area contributed by atoms with Crippen molar-refractivity contribution < 1.29 is 0 Å². The summed E-state index contributed by atoms with van der Waals surface area (Å²) in [4.78, 5) is 11.2. The van der Waals surface area contributed by atoms with Crippen molar-refractivity contribution in [2.45, 2.75) is 26.8 Å². The van der Waals surface area contributed by atoms with Crippen LogP contribution >= 0.6 is 0 Å². The highest BCUT2D eigenvalue weighted by Gasteiger charge is 2.13. The molecule has 0 aliphatic heterocycles. The molecule has 2 heterocycles. The van der Waals surface area contributed by atoms with Crippen LogP contribution in [0, 0.1) is 0 Å². The van der Waals surface area contributed by atoms with Crippen LogP contribution in [-0.4, -0.2) is 50.3 Å². The fourth-order valence-electron chi connectivity index (χ4n) is 2.96. The quantitative estimate of drug-likeness (QED) is 0.724. The lowest BCUT2D eigenvalue weighted by molar-refractivity contribution is 0.240. The molecule has 126 valence electrons. The van der Waals surface area contributed by atoms with Gasteiger partial charge in [0.2, 0.25) is 0 Å². The predicted molar refractivity (Wildman–Crippen MR) is 97.5 cm³/mol. The van der Waals surface area contributed by atoms with Gasteiger partial charge in [0.15, 0.2) is 5.65 Å². The Morgan fingerprint density at radius 2 is 1.88 bits per heavy atom. The van der Waals surface area contributed by atoms with Crippen molar-refractivity contribution in [3.63, 3.8) is 0 Å². The first kappa shape index (κ1) is 16.4. The van der Waals surface area contributed by atoms with Crippen molar-refractivity contribution in [1.29, 1.82) is 0 Å². The Kier molecular flexibility index (Phi) is 5.05. The van der Waals surface area contributed by atoms with Gasteiger partial charge in [0.05, 0.1) is 17.3 Å². The summed E-state index contributed by atoms with van der Waals surface area (Å²) < 4.78 is 1.84. The van der Waals surface area contributed by atoms with E-state index < -0.39 is 0 Å². The van der Waals surface area contributed by atoms with Crippen molar-refractivity contribution in [3.8, 4) is 5.69 Å². The fourth-order valence-corrected chi connectivity index (χ4v) is 2.96. The van der Waals surface area contributed by atoms with E-state index in [4.69, 9.17) is 0 Å². The van der Waals surface area contributed by atoms with Gasteiger partial charge in [-0.1, -0.05) is 32.0 Å². The molecule has 0 amide bonds. The van der Waals surface area contributed by atoms with Crippen molar-refractivity contribution in [2.75, 3.05) is 25.0 Å². The smallest absolute Gasteiger partial charge is 0.168 e. The van der Waals surface area contributed by atoms with Gasteiger partial charge in [-0.2, -0.15) is 5.10 Å². The first-order valence-corrected chi connectivity index (χ1v) is 8.46. The van der Waals surface area contributed by atoms with E-state index in [0.717, 1.165) is 42.2 Å². The normalized spacial score (nSPS) is 12.7. The molecular weight excluding hydrogens is 300 g/mol. The van der Waals surface area contributed by atoms with E-state index in [0.29, 0.717) is 6.04 Å². The van der Waals surface area contributed by atoms with Crippen LogP contribution in [0.1, 0.15) is 20.8 Å². The van der Waals surface area contributed by atoms with Crippen LogP contribution in [0.2, 0.25) is 0 Å². The number of hydrogen-bond donors (Lipinski definition) is 1. The zero-order valence-corrected chi connectivity index (χ0v) is 14.5. The van der Waals surface area contributed by atoms with Crippen molar-refractivity contribution in [3.05, 3.63) is 42.9 Å². The molecule has 0 aliphatic carbocycles. The van der Waals surface area contributed by atoms with Gasteiger partial charge in [-0.05, 0) is 32.1 Å². The van der Waals surface area contributed by atoms with E-state index in [1.165, 1.54) is 0 Å². The number of nitrogens with one attached hydrogen (secondary N) is 1. The lowest BCUT2D eigenvalue weighted by atomic mass is 10.2. The summed E-state index contributed by atoms with van der Waals surface area (Å²) in [5.74, 6) is 0.834. The van der Waals surface area contributed by atoms with Crippen LogP contribution in [-0.2, 0) is 0 Å². The standard InChI is InChI=1S/C18H24N6/c1-4-23(5-2)14(3)11-19-17-16-12-22-24(18(16)21-13-20-17)15-9-7-6-8-10-15/h6-10,12-14H,4-5,11H2,1-3H3,(H,19,20,21). The molecule has 3 rings (SSSR count). The number of rotatable bonds is 7. The van der Waals surface area contributed by atoms with Gasteiger partial charge in [0, 0.05) is 12.6 Å². The Balaban J connectivity index is 1.84. The zero-order chi connectivity index (χ0) is 16.9. The number of hydrogen-bond acceptors (Lipinski definition) is 5. The molecule has 24 heavy (non-hydrogen) atoms. The van der Waals surface area contributed by atoms with Crippen LogP contribution in [0.3, 0.4) is 0 Å². The summed E-state index contributed by atoms with van der Waals surface area (Å²) in [6, 6.07) is 10.5. The molecular formula is C18H24N6. The summed E-state index contributed by atoms with van der Waals surface area (Å²) >= 11 is 0. The molecule has 0 saturated heterocycles. The number of anilines is 1. The summed E-state index contributed by atoms with van der Waals surface area (Å²) in [5.41, 5.74) is 1.81. The lowest BCUT2D eigenvalue weighted by Crippen LogP contribution is -2.37. The van der Waals surface area contributed by atoms with Crippen molar-refractivity contribution >= 4 is 16.9 Å². The minimum Gasteiger partial charge on any atom is -0.368 e. The Hall–Kier alpha value is -2.47. The van der Waals surface area contributed by atoms with Crippen LogP contribution < -0.4 is 5.32 Å². The van der Waals surface area contributed by atoms with Gasteiger partial charge < -0.3 is 5.32 Å². The highest BCUT2D eigenvalue weighted by atomic mass is 15.3. The van der Waals surface area contributed by atoms with Crippen molar-refractivity contribution in [2.24, 2.45) is 0 Å². The maximum Gasteiger partial charge on any atom is 0.168 e. The molecule has 0 aliphatic rings. The Morgan fingerprint density at radius 3 is 2.58 bits per heavy atom. The van der Waals surface area contributed by atoms with E-state index in [2.05, 4.69) is 46.1 Å². The molecule has 0 saturated carbocycles. The second-order valence-corrected chi connectivity index (χ2v) is 5.80. The second-order valence-electron chi connectivity index (χ2n) is 5.80. The fraction of sp³-hybridized carbons (Fsp3) is 0.389. The van der Waals surface area contributed by atoms with Crippen LogP contribution in [0.4, 0.5) is 5.82 Å². The molecule has 0 bridgehead atoms. The molecule has 3 aromatic rings. The van der Waals surface area contributed by atoms with Crippen LogP contribution in [0.25, 0.3) is 16.7 Å². The molecule has 0 radical (unpaired) electrons. The highest BCUT2D eigenvalue weighted by Crippen LogP contribution is 2.21. The topological polar surface area (TPSA) is 58.9 Å². The zero-order valence-electron chi connectivity index (χ0n) is 14.5. The van der Waals surface area contributed by atoms with E-state index in [1.807, 2.05) is 41.2 Å². The third-order valence-corrected chi connectivity index (χ3v) is 4.37. The van der Waals surface area contributed by atoms with Crippen molar-refractivity contribution in [1.82, 2.24) is 24.6 Å². The number of para-hydroxylation sites is 1. The molecule has 1 aromatic carbocycles. The van der Waals surface area contributed by atoms with Gasteiger partial charge >= 0.3 is 0 Å². The highest BCUT2D eigenvalue weighted by molar-refractivity contribution is 5.87. The molecule has 1 unspecified atom stereocenters. The van der Waals surface area contributed by atoms with Gasteiger partial charge in [0.1, 0.15) is 12.1 Å². The molecule has 1 N–H and O–H groups in total. The average molecular weight is 324 g/mol. The van der Waals surface area contributed by atoms with Gasteiger partial charge in [-0.15, -0.1) is 0 Å². The third-order valence-electron chi connectivity index (χ3n) is 4.37. The Morgan fingerprint density at radius 1 is 1.12 bits per heavy atom. The maximum atomic E-state index is 4.48. The monoisotopic (exact) mass is 324 g/mol. The number of benzene rings is 1. The summed E-state index contributed by atoms with van der Waals surface area (Å²) in [5, 5.41) is 8.88. The molecule has 0 fully saturated rings. The number of aromatic nitrogens is 4. The summed E-state index contributed by atoms with van der Waals surface area (Å²) in [7, 11) is 0. The molecule has 0 spiro atoms. The first-order chi connectivity index (χ1) is 11.7.